The lowest BCUT2D eigenvalue weighted by atomic mass is 10.1. The molecule has 0 aliphatic carbocycles. The molecular weight excluding hydrogens is 324 g/mol. The Morgan fingerprint density at radius 2 is 2.04 bits per heavy atom. The van der Waals surface area contributed by atoms with Gasteiger partial charge in [-0.3, -0.25) is 4.79 Å². The molecule has 1 aliphatic heterocycles. The van der Waals surface area contributed by atoms with Gasteiger partial charge in [0, 0.05) is 19.2 Å². The summed E-state index contributed by atoms with van der Waals surface area (Å²) in [6, 6.07) is 9.60. The highest BCUT2D eigenvalue weighted by molar-refractivity contribution is 6.33. The van der Waals surface area contributed by atoms with Gasteiger partial charge in [0.25, 0.3) is 0 Å². The van der Waals surface area contributed by atoms with E-state index in [4.69, 9.17) is 11.6 Å². The average molecular weight is 347 g/mol. The Labute approximate surface area is 147 Å². The third kappa shape index (κ3) is 3.41. The largest absolute Gasteiger partial charge is 0.370 e. The normalized spacial score (nSPS) is 18.0. The van der Waals surface area contributed by atoms with E-state index < -0.39 is 0 Å². The van der Waals surface area contributed by atoms with Crippen molar-refractivity contribution in [2.75, 3.05) is 23.3 Å². The molecule has 1 aromatic heterocycles. The summed E-state index contributed by atoms with van der Waals surface area (Å²) >= 11 is 6.26. The number of rotatable bonds is 3. The third-order valence-electron chi connectivity index (χ3n) is 4.28. The highest BCUT2D eigenvalue weighted by Crippen LogP contribution is 2.30. The van der Waals surface area contributed by atoms with E-state index >= 15 is 0 Å². The van der Waals surface area contributed by atoms with Gasteiger partial charge in [0.1, 0.15) is 5.82 Å². The fraction of sp³-hybridized carbons (Fsp3) is 0.444. The van der Waals surface area contributed by atoms with E-state index in [1.54, 1.807) is 6.20 Å². The first-order chi connectivity index (χ1) is 11.4. The molecule has 1 N–H and O–H groups in total. The summed E-state index contributed by atoms with van der Waals surface area (Å²) in [4.78, 5) is 14.8. The molecule has 1 atom stereocenters. The van der Waals surface area contributed by atoms with Crippen molar-refractivity contribution in [3.05, 3.63) is 41.6 Å². The molecule has 0 saturated carbocycles. The Hall–Kier alpha value is -2.01. The van der Waals surface area contributed by atoms with Gasteiger partial charge in [-0.05, 0) is 39.3 Å². The summed E-state index contributed by atoms with van der Waals surface area (Å²) in [5, 5.41) is 8.07. The van der Waals surface area contributed by atoms with Gasteiger partial charge in [-0.15, -0.1) is 0 Å². The summed E-state index contributed by atoms with van der Waals surface area (Å²) in [5.41, 5.74) is 0.819. The highest BCUT2D eigenvalue weighted by atomic mass is 35.5. The van der Waals surface area contributed by atoms with E-state index in [0.717, 1.165) is 29.5 Å². The van der Waals surface area contributed by atoms with Crippen LogP contribution in [0.25, 0.3) is 0 Å². The summed E-state index contributed by atoms with van der Waals surface area (Å²) in [5.74, 6) is 0.726. The summed E-state index contributed by atoms with van der Waals surface area (Å²) in [7, 11) is 0. The fourth-order valence-electron chi connectivity index (χ4n) is 3.06. The number of aromatic nitrogens is 2. The molecule has 1 aromatic carbocycles. The number of para-hydroxylation sites is 1. The van der Waals surface area contributed by atoms with E-state index in [2.05, 4.69) is 36.1 Å². The van der Waals surface area contributed by atoms with Crippen LogP contribution < -0.4 is 10.2 Å². The fourth-order valence-corrected chi connectivity index (χ4v) is 3.32. The molecule has 1 fully saturated rings. The zero-order valence-corrected chi connectivity index (χ0v) is 15.0. The van der Waals surface area contributed by atoms with Crippen LogP contribution in [0, 0.1) is 5.92 Å². The molecular formula is C18H23ClN4O. The van der Waals surface area contributed by atoms with Crippen LogP contribution in [-0.4, -0.2) is 28.8 Å². The lowest BCUT2D eigenvalue weighted by Crippen LogP contribution is -2.30. The van der Waals surface area contributed by atoms with Crippen LogP contribution in [-0.2, 0) is 10.3 Å². The lowest BCUT2D eigenvalue weighted by molar-refractivity contribution is -0.119. The first-order valence-corrected chi connectivity index (χ1v) is 8.59. The predicted octanol–water partition coefficient (Wildman–Crippen LogP) is 3.76. The molecule has 5 nitrogen and oxygen atoms in total. The summed E-state index contributed by atoms with van der Waals surface area (Å²) in [6.45, 7) is 7.69. The third-order valence-corrected chi connectivity index (χ3v) is 4.60. The Morgan fingerprint density at radius 1 is 1.29 bits per heavy atom. The maximum atomic E-state index is 12.6. The minimum atomic E-state index is -0.175. The van der Waals surface area contributed by atoms with Gasteiger partial charge in [0.15, 0.2) is 0 Å². The Balaban J connectivity index is 1.68. The molecule has 0 bridgehead atoms. The molecule has 2 heterocycles. The van der Waals surface area contributed by atoms with Crippen LogP contribution in [0.2, 0.25) is 5.02 Å². The van der Waals surface area contributed by atoms with Crippen molar-refractivity contribution in [1.29, 1.82) is 0 Å². The molecule has 1 aliphatic rings. The number of nitrogens with one attached hydrogen (secondary N) is 1. The van der Waals surface area contributed by atoms with E-state index in [-0.39, 0.29) is 17.4 Å². The molecule has 6 heteroatoms. The van der Waals surface area contributed by atoms with Crippen molar-refractivity contribution in [2.24, 2.45) is 5.92 Å². The second-order valence-corrected chi connectivity index (χ2v) is 7.58. The van der Waals surface area contributed by atoms with E-state index in [1.807, 2.05) is 35.0 Å². The van der Waals surface area contributed by atoms with Gasteiger partial charge in [-0.2, -0.15) is 5.10 Å². The minimum Gasteiger partial charge on any atom is -0.370 e. The van der Waals surface area contributed by atoms with Crippen molar-refractivity contribution < 1.29 is 4.79 Å². The first-order valence-electron chi connectivity index (χ1n) is 8.21. The Bertz CT molecular complexity index is 735. The predicted molar refractivity (Wildman–Crippen MR) is 97.6 cm³/mol. The molecule has 1 saturated heterocycles. The standard InChI is InChI=1S/C18H23ClN4O/c1-18(2,3)23-16(8-10-20-23)21-17(24)13-9-11-22(12-13)15-7-5-4-6-14(15)19/h4-8,10,13H,9,11-12H2,1-3H3,(H,21,24). The zero-order chi connectivity index (χ0) is 17.3. The van der Waals surface area contributed by atoms with Crippen molar-refractivity contribution in [1.82, 2.24) is 9.78 Å². The monoisotopic (exact) mass is 346 g/mol. The smallest absolute Gasteiger partial charge is 0.230 e. The number of hydrogen-bond donors (Lipinski definition) is 1. The van der Waals surface area contributed by atoms with E-state index in [0.29, 0.717) is 6.54 Å². The average Bonchev–Trinajstić information content (AvgIpc) is 3.16. The van der Waals surface area contributed by atoms with Crippen LogP contribution in [0.15, 0.2) is 36.5 Å². The van der Waals surface area contributed by atoms with Gasteiger partial charge in [-0.25, -0.2) is 4.68 Å². The number of hydrogen-bond acceptors (Lipinski definition) is 3. The minimum absolute atomic E-state index is 0.0375. The van der Waals surface area contributed by atoms with E-state index in [9.17, 15) is 4.79 Å². The number of carbonyl (C=O) groups is 1. The van der Waals surface area contributed by atoms with Crippen LogP contribution in [0.4, 0.5) is 11.5 Å². The maximum absolute atomic E-state index is 12.6. The van der Waals surface area contributed by atoms with Crippen LogP contribution in [0.1, 0.15) is 27.2 Å². The molecule has 0 radical (unpaired) electrons. The first kappa shape index (κ1) is 16.8. The molecule has 24 heavy (non-hydrogen) atoms. The summed E-state index contributed by atoms with van der Waals surface area (Å²) < 4.78 is 1.84. The van der Waals surface area contributed by atoms with E-state index in [1.165, 1.54) is 0 Å². The van der Waals surface area contributed by atoms with Crippen molar-refractivity contribution in [2.45, 2.75) is 32.7 Å². The number of anilines is 2. The molecule has 0 spiro atoms. The quantitative estimate of drug-likeness (QED) is 0.920. The van der Waals surface area contributed by atoms with Gasteiger partial charge in [-0.1, -0.05) is 23.7 Å². The summed E-state index contributed by atoms with van der Waals surface area (Å²) in [6.07, 6.45) is 2.53. The van der Waals surface area contributed by atoms with Crippen LogP contribution in [0.5, 0.6) is 0 Å². The van der Waals surface area contributed by atoms with Gasteiger partial charge < -0.3 is 10.2 Å². The number of halogens is 1. The second-order valence-electron chi connectivity index (χ2n) is 7.17. The molecule has 1 amide bonds. The molecule has 1 unspecified atom stereocenters. The molecule has 128 valence electrons. The molecule has 3 rings (SSSR count). The van der Waals surface area contributed by atoms with Crippen molar-refractivity contribution in [3.8, 4) is 0 Å². The number of carbonyl (C=O) groups excluding carboxylic acids is 1. The van der Waals surface area contributed by atoms with Crippen LogP contribution in [0.3, 0.4) is 0 Å². The topological polar surface area (TPSA) is 50.2 Å². The highest BCUT2D eigenvalue weighted by Gasteiger charge is 2.30. The maximum Gasteiger partial charge on any atom is 0.230 e. The number of benzene rings is 1. The Morgan fingerprint density at radius 3 is 2.75 bits per heavy atom. The van der Waals surface area contributed by atoms with Gasteiger partial charge in [0.2, 0.25) is 5.91 Å². The van der Waals surface area contributed by atoms with Crippen molar-refractivity contribution in [3.63, 3.8) is 0 Å². The number of amides is 1. The molecule has 2 aromatic rings. The van der Waals surface area contributed by atoms with Gasteiger partial charge >= 0.3 is 0 Å². The number of nitrogens with zero attached hydrogens (tertiary/aromatic N) is 3. The lowest BCUT2D eigenvalue weighted by Gasteiger charge is -2.23. The SMILES string of the molecule is CC(C)(C)n1nccc1NC(=O)C1CCN(c2ccccc2Cl)C1. The van der Waals surface area contributed by atoms with Crippen molar-refractivity contribution >= 4 is 29.0 Å². The van der Waals surface area contributed by atoms with Crippen LogP contribution >= 0.6 is 11.6 Å². The Kier molecular flexibility index (Phi) is 4.54. The zero-order valence-electron chi connectivity index (χ0n) is 14.3. The second kappa shape index (κ2) is 6.48. The van der Waals surface area contributed by atoms with Gasteiger partial charge in [0.05, 0.1) is 28.4 Å².